The number of nitrogens with zero attached hydrogens (tertiary/aromatic N) is 2. The Morgan fingerprint density at radius 2 is 2.50 bits per heavy atom. The molecule has 0 saturated heterocycles. The topological polar surface area (TPSA) is 29.9 Å². The molecule has 0 atom stereocenters. The van der Waals surface area contributed by atoms with E-state index in [-0.39, 0.29) is 0 Å². The van der Waals surface area contributed by atoms with Crippen molar-refractivity contribution in [1.82, 2.24) is 15.1 Å². The highest BCUT2D eigenvalue weighted by molar-refractivity contribution is 5.27. The van der Waals surface area contributed by atoms with Crippen molar-refractivity contribution in [1.29, 1.82) is 0 Å². The molecule has 1 aromatic rings. The summed E-state index contributed by atoms with van der Waals surface area (Å²) < 4.78 is 1.88. The molecule has 1 aromatic heterocycles. The standard InChI is InChI=1S/C9H13N3/c1-3-12-9(6-8-11-12)5-4-7-10-2/h6,8,10H,3,7H2,1-2H3. The summed E-state index contributed by atoms with van der Waals surface area (Å²) in [5.74, 6) is 6.02. The highest BCUT2D eigenvalue weighted by atomic mass is 15.3. The first kappa shape index (κ1) is 8.82. The van der Waals surface area contributed by atoms with Gasteiger partial charge in [0.1, 0.15) is 5.69 Å². The van der Waals surface area contributed by atoms with E-state index in [0.29, 0.717) is 0 Å². The zero-order chi connectivity index (χ0) is 8.81. The lowest BCUT2D eigenvalue weighted by molar-refractivity contribution is 0.652. The van der Waals surface area contributed by atoms with Crippen LogP contribution in [0.25, 0.3) is 0 Å². The van der Waals surface area contributed by atoms with E-state index in [1.54, 1.807) is 6.20 Å². The second-order valence-corrected chi connectivity index (χ2v) is 2.36. The molecule has 0 fully saturated rings. The Morgan fingerprint density at radius 3 is 3.17 bits per heavy atom. The van der Waals surface area contributed by atoms with Crippen molar-refractivity contribution in [3.05, 3.63) is 18.0 Å². The van der Waals surface area contributed by atoms with Crippen molar-refractivity contribution < 1.29 is 0 Å². The monoisotopic (exact) mass is 163 g/mol. The van der Waals surface area contributed by atoms with Gasteiger partial charge in [-0.3, -0.25) is 4.68 Å². The van der Waals surface area contributed by atoms with Gasteiger partial charge >= 0.3 is 0 Å². The molecule has 3 nitrogen and oxygen atoms in total. The fourth-order valence-electron chi connectivity index (χ4n) is 0.914. The highest BCUT2D eigenvalue weighted by Gasteiger charge is 1.93. The minimum absolute atomic E-state index is 0.717. The maximum Gasteiger partial charge on any atom is 0.111 e. The molecule has 64 valence electrons. The third-order valence-electron chi connectivity index (χ3n) is 1.50. The molecule has 0 aliphatic carbocycles. The van der Waals surface area contributed by atoms with Crippen LogP contribution >= 0.6 is 0 Å². The molecule has 0 saturated carbocycles. The molecule has 0 aliphatic rings. The van der Waals surface area contributed by atoms with Gasteiger partial charge in [0, 0.05) is 6.54 Å². The normalized spacial score (nSPS) is 9.17. The summed E-state index contributed by atoms with van der Waals surface area (Å²) in [5.41, 5.74) is 0.979. The fraction of sp³-hybridized carbons (Fsp3) is 0.444. The van der Waals surface area contributed by atoms with Crippen LogP contribution in [-0.2, 0) is 6.54 Å². The maximum absolute atomic E-state index is 4.11. The van der Waals surface area contributed by atoms with Crippen molar-refractivity contribution in [2.75, 3.05) is 13.6 Å². The minimum Gasteiger partial charge on any atom is -0.309 e. The van der Waals surface area contributed by atoms with Gasteiger partial charge in [-0.1, -0.05) is 5.92 Å². The molecule has 1 N–H and O–H groups in total. The molecular formula is C9H13N3. The second-order valence-electron chi connectivity index (χ2n) is 2.36. The van der Waals surface area contributed by atoms with Crippen LogP contribution < -0.4 is 5.32 Å². The van der Waals surface area contributed by atoms with Crippen LogP contribution in [0.3, 0.4) is 0 Å². The van der Waals surface area contributed by atoms with E-state index in [0.717, 1.165) is 18.8 Å². The summed E-state index contributed by atoms with van der Waals surface area (Å²) in [6.45, 7) is 3.64. The zero-order valence-electron chi connectivity index (χ0n) is 7.46. The van der Waals surface area contributed by atoms with Crippen LogP contribution in [0.5, 0.6) is 0 Å². The largest absolute Gasteiger partial charge is 0.309 e. The third kappa shape index (κ3) is 2.11. The number of hydrogen-bond donors (Lipinski definition) is 1. The third-order valence-corrected chi connectivity index (χ3v) is 1.50. The van der Waals surface area contributed by atoms with Crippen molar-refractivity contribution in [3.8, 4) is 11.8 Å². The minimum atomic E-state index is 0.717. The maximum atomic E-state index is 4.11. The lowest BCUT2D eigenvalue weighted by atomic mass is 10.4. The first-order chi connectivity index (χ1) is 5.88. The molecule has 0 spiro atoms. The lowest BCUT2D eigenvalue weighted by Crippen LogP contribution is -2.05. The van der Waals surface area contributed by atoms with Gasteiger partial charge in [0.25, 0.3) is 0 Å². The first-order valence-corrected chi connectivity index (χ1v) is 4.03. The van der Waals surface area contributed by atoms with E-state index in [2.05, 4.69) is 29.2 Å². The van der Waals surface area contributed by atoms with Crippen molar-refractivity contribution in [3.63, 3.8) is 0 Å². The summed E-state index contributed by atoms with van der Waals surface area (Å²) in [6, 6.07) is 1.92. The zero-order valence-corrected chi connectivity index (χ0v) is 7.46. The molecule has 0 aromatic carbocycles. The van der Waals surface area contributed by atoms with E-state index >= 15 is 0 Å². The molecule has 1 rings (SSSR count). The second kappa shape index (κ2) is 4.58. The molecule has 0 radical (unpaired) electrons. The number of hydrogen-bond acceptors (Lipinski definition) is 2. The van der Waals surface area contributed by atoms with Gasteiger partial charge in [0.05, 0.1) is 12.7 Å². The average Bonchev–Trinajstić information content (AvgIpc) is 2.52. The molecule has 1 heterocycles. The van der Waals surface area contributed by atoms with Crippen LogP contribution in [0.1, 0.15) is 12.6 Å². The molecule has 0 unspecified atom stereocenters. The summed E-state index contributed by atoms with van der Waals surface area (Å²) in [5, 5.41) is 7.07. The lowest BCUT2D eigenvalue weighted by Gasteiger charge is -1.95. The molecule has 3 heteroatoms. The van der Waals surface area contributed by atoms with Gasteiger partial charge in [-0.15, -0.1) is 0 Å². The van der Waals surface area contributed by atoms with E-state index < -0.39 is 0 Å². The van der Waals surface area contributed by atoms with E-state index in [1.807, 2.05) is 17.8 Å². The Kier molecular flexibility index (Phi) is 3.36. The van der Waals surface area contributed by atoms with Crippen LogP contribution in [0.15, 0.2) is 12.3 Å². The highest BCUT2D eigenvalue weighted by Crippen LogP contribution is 1.94. The van der Waals surface area contributed by atoms with Crippen molar-refractivity contribution in [2.45, 2.75) is 13.5 Å². The number of nitrogens with one attached hydrogen (secondary N) is 1. The van der Waals surface area contributed by atoms with Crippen LogP contribution in [0.2, 0.25) is 0 Å². The number of rotatable bonds is 2. The van der Waals surface area contributed by atoms with Gasteiger partial charge in [-0.25, -0.2) is 0 Å². The van der Waals surface area contributed by atoms with E-state index in [4.69, 9.17) is 0 Å². The van der Waals surface area contributed by atoms with E-state index in [1.165, 1.54) is 0 Å². The molecule has 0 amide bonds. The quantitative estimate of drug-likeness (QED) is 0.642. The fourth-order valence-corrected chi connectivity index (χ4v) is 0.914. The number of aromatic nitrogens is 2. The Morgan fingerprint density at radius 1 is 1.67 bits per heavy atom. The Labute approximate surface area is 72.8 Å². The summed E-state index contributed by atoms with van der Waals surface area (Å²) >= 11 is 0. The molecule has 0 bridgehead atoms. The van der Waals surface area contributed by atoms with Crippen molar-refractivity contribution >= 4 is 0 Å². The Balaban J connectivity index is 2.69. The predicted molar refractivity (Wildman–Crippen MR) is 48.7 cm³/mol. The molecular weight excluding hydrogens is 150 g/mol. The van der Waals surface area contributed by atoms with Gasteiger partial charge < -0.3 is 5.32 Å². The summed E-state index contributed by atoms with van der Waals surface area (Å²) in [7, 11) is 1.88. The first-order valence-electron chi connectivity index (χ1n) is 4.03. The van der Waals surface area contributed by atoms with Gasteiger partial charge in [0.15, 0.2) is 0 Å². The summed E-state index contributed by atoms with van der Waals surface area (Å²) in [6.07, 6.45) is 1.77. The number of aryl methyl sites for hydroxylation is 1. The smallest absolute Gasteiger partial charge is 0.111 e. The van der Waals surface area contributed by atoms with Crippen molar-refractivity contribution in [2.24, 2.45) is 0 Å². The summed E-state index contributed by atoms with van der Waals surface area (Å²) in [4.78, 5) is 0. The van der Waals surface area contributed by atoms with Gasteiger partial charge in [0.2, 0.25) is 0 Å². The van der Waals surface area contributed by atoms with Crippen LogP contribution in [-0.4, -0.2) is 23.4 Å². The Bertz CT molecular complexity index is 290. The van der Waals surface area contributed by atoms with Crippen LogP contribution in [0, 0.1) is 11.8 Å². The van der Waals surface area contributed by atoms with Crippen LogP contribution in [0.4, 0.5) is 0 Å². The van der Waals surface area contributed by atoms with Gasteiger partial charge in [-0.2, -0.15) is 5.10 Å². The van der Waals surface area contributed by atoms with E-state index in [9.17, 15) is 0 Å². The average molecular weight is 163 g/mol. The van der Waals surface area contributed by atoms with Gasteiger partial charge in [-0.05, 0) is 26.0 Å². The molecule has 0 aliphatic heterocycles. The SMILES string of the molecule is CCn1nccc1C#CCNC. The predicted octanol–water partition coefficient (Wildman–Crippen LogP) is 0.474. The Hall–Kier alpha value is -1.27. The molecule has 12 heavy (non-hydrogen) atoms.